The first-order chi connectivity index (χ1) is 12.8. The smallest absolute Gasteiger partial charge is 0.272 e. The maximum Gasteiger partial charge on any atom is 0.272 e. The van der Waals surface area contributed by atoms with Crippen molar-refractivity contribution in [2.24, 2.45) is 0 Å². The molecule has 0 atom stereocenters. The number of nitrogens with one attached hydrogen (secondary N) is 3. The number of sulfonamides is 1. The Morgan fingerprint density at radius 2 is 2.00 bits per heavy atom. The highest BCUT2D eigenvalue weighted by molar-refractivity contribution is 7.89. The summed E-state index contributed by atoms with van der Waals surface area (Å²) >= 11 is 0. The van der Waals surface area contributed by atoms with E-state index in [-0.39, 0.29) is 16.8 Å². The molecule has 27 heavy (non-hydrogen) atoms. The Bertz CT molecular complexity index is 919. The summed E-state index contributed by atoms with van der Waals surface area (Å²) in [6.45, 7) is 5.45. The van der Waals surface area contributed by atoms with Crippen LogP contribution in [0.2, 0.25) is 0 Å². The summed E-state index contributed by atoms with van der Waals surface area (Å²) in [5.74, 6) is -0.243. The van der Waals surface area contributed by atoms with Gasteiger partial charge in [-0.2, -0.15) is 9.40 Å². The molecule has 2 aromatic rings. The number of carbonyl (C=O) groups excluding carboxylic acids is 1. The van der Waals surface area contributed by atoms with Gasteiger partial charge in [-0.3, -0.25) is 9.89 Å². The number of aromatic amines is 1. The van der Waals surface area contributed by atoms with E-state index in [9.17, 15) is 13.2 Å². The first-order valence-electron chi connectivity index (χ1n) is 8.92. The molecule has 1 aromatic carbocycles. The Kier molecular flexibility index (Phi) is 5.64. The molecule has 0 radical (unpaired) electrons. The maximum atomic E-state index is 12.5. The summed E-state index contributed by atoms with van der Waals surface area (Å²) in [5, 5.41) is 13.1. The average molecular weight is 391 g/mol. The van der Waals surface area contributed by atoms with E-state index in [0.717, 1.165) is 29.8 Å². The van der Waals surface area contributed by atoms with Crippen LogP contribution < -0.4 is 10.6 Å². The third-order valence-electron chi connectivity index (χ3n) is 4.80. The van der Waals surface area contributed by atoms with Gasteiger partial charge in [-0.05, 0) is 31.5 Å². The van der Waals surface area contributed by atoms with Gasteiger partial charge in [0.05, 0.1) is 4.90 Å². The molecule has 8 nitrogen and oxygen atoms in total. The number of hydrogen-bond donors (Lipinski definition) is 3. The molecule has 0 fully saturated rings. The number of H-pyrrole nitrogens is 1. The largest absolute Gasteiger partial charge is 0.347 e. The van der Waals surface area contributed by atoms with Crippen LogP contribution in [0, 0.1) is 0 Å². The van der Waals surface area contributed by atoms with E-state index in [1.54, 1.807) is 31.3 Å². The van der Waals surface area contributed by atoms with Crippen molar-refractivity contribution in [2.45, 2.75) is 44.3 Å². The quantitative estimate of drug-likeness (QED) is 0.681. The SMILES string of the molecule is CC(C)N(C)S(=O)(=O)c1ccc(CNC(=O)c2n[nH]c3c2CNCC3)cc1. The zero-order valence-corrected chi connectivity index (χ0v) is 16.6. The molecule has 3 N–H and O–H groups in total. The van der Waals surface area contributed by atoms with Crippen molar-refractivity contribution in [3.8, 4) is 0 Å². The van der Waals surface area contributed by atoms with E-state index in [0.29, 0.717) is 18.8 Å². The predicted molar refractivity (Wildman–Crippen MR) is 102 cm³/mol. The lowest BCUT2D eigenvalue weighted by molar-refractivity contribution is 0.0944. The minimum Gasteiger partial charge on any atom is -0.347 e. The lowest BCUT2D eigenvalue weighted by atomic mass is 10.1. The van der Waals surface area contributed by atoms with E-state index in [1.807, 2.05) is 13.8 Å². The second-order valence-corrected chi connectivity index (χ2v) is 8.90. The van der Waals surface area contributed by atoms with Crippen LogP contribution in [0.5, 0.6) is 0 Å². The predicted octanol–water partition coefficient (Wildman–Crippen LogP) is 1.01. The van der Waals surface area contributed by atoms with Crippen LogP contribution in [0.1, 0.15) is 41.2 Å². The number of amides is 1. The van der Waals surface area contributed by atoms with Crippen molar-refractivity contribution >= 4 is 15.9 Å². The van der Waals surface area contributed by atoms with Crippen LogP contribution >= 0.6 is 0 Å². The van der Waals surface area contributed by atoms with Gasteiger partial charge in [0.2, 0.25) is 10.0 Å². The molecule has 9 heteroatoms. The first kappa shape index (κ1) is 19.5. The molecule has 1 aromatic heterocycles. The number of hydrogen-bond acceptors (Lipinski definition) is 5. The zero-order valence-electron chi connectivity index (χ0n) is 15.7. The lowest BCUT2D eigenvalue weighted by Crippen LogP contribution is -2.33. The zero-order chi connectivity index (χ0) is 19.6. The molecule has 1 amide bonds. The summed E-state index contributed by atoms with van der Waals surface area (Å²) < 4.78 is 26.3. The fourth-order valence-electron chi connectivity index (χ4n) is 2.90. The van der Waals surface area contributed by atoms with Gasteiger partial charge in [-0.25, -0.2) is 8.42 Å². The number of aromatic nitrogens is 2. The molecule has 146 valence electrons. The Hall–Kier alpha value is -2.23. The van der Waals surface area contributed by atoms with Gasteiger partial charge in [-0.1, -0.05) is 12.1 Å². The minimum absolute atomic E-state index is 0.122. The Morgan fingerprint density at radius 3 is 2.67 bits per heavy atom. The number of carbonyl (C=O) groups is 1. The molecule has 2 heterocycles. The summed E-state index contributed by atoms with van der Waals surface area (Å²) in [5.41, 5.74) is 3.15. The molecule has 1 aliphatic rings. The topological polar surface area (TPSA) is 107 Å². The van der Waals surface area contributed by atoms with Gasteiger partial charge in [0.15, 0.2) is 5.69 Å². The Morgan fingerprint density at radius 1 is 1.30 bits per heavy atom. The van der Waals surface area contributed by atoms with Gasteiger partial charge in [0, 0.05) is 50.4 Å². The van der Waals surface area contributed by atoms with Crippen LogP contribution in [-0.4, -0.2) is 48.5 Å². The highest BCUT2D eigenvalue weighted by Gasteiger charge is 2.23. The van der Waals surface area contributed by atoms with E-state index in [2.05, 4.69) is 20.8 Å². The van der Waals surface area contributed by atoms with Gasteiger partial charge < -0.3 is 10.6 Å². The number of benzene rings is 1. The third-order valence-corrected chi connectivity index (χ3v) is 6.85. The van der Waals surface area contributed by atoms with Gasteiger partial charge in [0.25, 0.3) is 5.91 Å². The van der Waals surface area contributed by atoms with Crippen molar-refractivity contribution < 1.29 is 13.2 Å². The summed E-state index contributed by atoms with van der Waals surface area (Å²) in [6.07, 6.45) is 0.830. The molecular weight excluding hydrogens is 366 g/mol. The summed E-state index contributed by atoms with van der Waals surface area (Å²) in [7, 11) is -1.94. The van der Waals surface area contributed by atoms with Crippen LogP contribution in [0.25, 0.3) is 0 Å². The van der Waals surface area contributed by atoms with Crippen molar-refractivity contribution in [2.75, 3.05) is 13.6 Å². The molecule has 1 aliphatic heterocycles. The minimum atomic E-state index is -3.51. The van der Waals surface area contributed by atoms with Gasteiger partial charge in [0.1, 0.15) is 0 Å². The van der Waals surface area contributed by atoms with Crippen molar-refractivity contribution in [1.82, 2.24) is 25.1 Å². The second kappa shape index (κ2) is 7.79. The fourth-order valence-corrected chi connectivity index (χ4v) is 4.27. The average Bonchev–Trinajstić information content (AvgIpc) is 3.10. The van der Waals surface area contributed by atoms with Crippen molar-refractivity contribution in [3.63, 3.8) is 0 Å². The van der Waals surface area contributed by atoms with Crippen LogP contribution in [-0.2, 0) is 29.5 Å². The van der Waals surface area contributed by atoms with Crippen LogP contribution in [0.3, 0.4) is 0 Å². The third kappa shape index (κ3) is 4.05. The van der Waals surface area contributed by atoms with Gasteiger partial charge in [-0.15, -0.1) is 0 Å². The van der Waals surface area contributed by atoms with E-state index in [1.165, 1.54) is 4.31 Å². The molecule has 0 spiro atoms. The summed E-state index contributed by atoms with van der Waals surface area (Å²) in [4.78, 5) is 12.7. The molecule has 3 rings (SSSR count). The molecule has 0 unspecified atom stereocenters. The molecule has 0 saturated carbocycles. The Labute approximate surface area is 159 Å². The van der Waals surface area contributed by atoms with Gasteiger partial charge >= 0.3 is 0 Å². The van der Waals surface area contributed by atoms with Crippen LogP contribution in [0.4, 0.5) is 0 Å². The molecule has 0 saturated heterocycles. The monoisotopic (exact) mass is 391 g/mol. The highest BCUT2D eigenvalue weighted by atomic mass is 32.2. The van der Waals surface area contributed by atoms with Crippen LogP contribution in [0.15, 0.2) is 29.2 Å². The standard InChI is InChI=1S/C18H25N5O3S/c1-12(2)23(3)27(25,26)14-6-4-13(5-7-14)10-20-18(24)17-15-11-19-9-8-16(15)21-22-17/h4-7,12,19H,8-11H2,1-3H3,(H,20,24)(H,21,22). The maximum absolute atomic E-state index is 12.5. The summed E-state index contributed by atoms with van der Waals surface area (Å²) in [6, 6.07) is 6.43. The van der Waals surface area contributed by atoms with E-state index >= 15 is 0 Å². The number of rotatable bonds is 6. The first-order valence-corrected chi connectivity index (χ1v) is 10.4. The molecule has 0 aliphatic carbocycles. The van der Waals surface area contributed by atoms with Crippen molar-refractivity contribution in [3.05, 3.63) is 46.8 Å². The lowest BCUT2D eigenvalue weighted by Gasteiger charge is -2.21. The molecule has 0 bridgehead atoms. The van der Waals surface area contributed by atoms with E-state index < -0.39 is 10.0 Å². The highest BCUT2D eigenvalue weighted by Crippen LogP contribution is 2.18. The number of nitrogens with zero attached hydrogens (tertiary/aromatic N) is 2. The Balaban J connectivity index is 1.65. The molecular formula is C18H25N5O3S. The second-order valence-electron chi connectivity index (χ2n) is 6.90. The van der Waals surface area contributed by atoms with Crippen molar-refractivity contribution in [1.29, 1.82) is 0 Å². The normalized spacial score (nSPS) is 14.4. The fraction of sp³-hybridized carbons (Fsp3) is 0.444. The number of fused-ring (bicyclic) bond motifs is 1. The van der Waals surface area contributed by atoms with E-state index in [4.69, 9.17) is 0 Å².